The lowest BCUT2D eigenvalue weighted by molar-refractivity contribution is 0.0527. The van der Waals surface area contributed by atoms with Gasteiger partial charge >= 0.3 is 6.09 Å². The van der Waals surface area contributed by atoms with E-state index in [-0.39, 0.29) is 12.1 Å². The van der Waals surface area contributed by atoms with Crippen molar-refractivity contribution in [2.45, 2.75) is 51.7 Å². The fourth-order valence-electron chi connectivity index (χ4n) is 2.67. The Morgan fingerprint density at radius 3 is 2.74 bits per heavy atom. The highest BCUT2D eigenvalue weighted by Gasteiger charge is 2.16. The number of nitrogens with one attached hydrogen (secondary N) is 2. The highest BCUT2D eigenvalue weighted by atomic mass is 16.6. The molecule has 1 amide bonds. The van der Waals surface area contributed by atoms with Gasteiger partial charge in [0.2, 0.25) is 0 Å². The quantitative estimate of drug-likeness (QED) is 0.610. The summed E-state index contributed by atoms with van der Waals surface area (Å²) in [4.78, 5) is 11.6. The maximum atomic E-state index is 11.6. The summed E-state index contributed by atoms with van der Waals surface area (Å²) < 4.78 is 10.6. The number of carbonyl (C=O) groups excluding carboxylic acids is 1. The zero-order valence-electron chi connectivity index (χ0n) is 16.5. The van der Waals surface area contributed by atoms with Crippen molar-refractivity contribution in [1.82, 2.24) is 15.5 Å². The van der Waals surface area contributed by atoms with E-state index in [1.165, 1.54) is 0 Å². The summed E-state index contributed by atoms with van der Waals surface area (Å²) >= 11 is 0. The Morgan fingerprint density at radius 2 is 2.04 bits per heavy atom. The third-order valence-corrected chi connectivity index (χ3v) is 3.98. The lowest BCUT2D eigenvalue weighted by Crippen LogP contribution is -2.33. The van der Waals surface area contributed by atoms with Gasteiger partial charge in [0, 0.05) is 18.2 Å². The van der Waals surface area contributed by atoms with E-state index in [2.05, 4.69) is 15.5 Å². The number of nitrogens with two attached hydrogens (primary N) is 1. The second kappa shape index (κ2) is 9.41. The van der Waals surface area contributed by atoms with Crippen molar-refractivity contribution in [3.05, 3.63) is 36.0 Å². The Kier molecular flexibility index (Phi) is 7.24. The molecule has 0 aliphatic rings. The van der Waals surface area contributed by atoms with E-state index in [9.17, 15) is 4.79 Å². The first kappa shape index (κ1) is 20.8. The van der Waals surface area contributed by atoms with Crippen LogP contribution in [0.4, 0.5) is 4.79 Å². The highest BCUT2D eigenvalue weighted by molar-refractivity contribution is 5.68. The third-order valence-electron chi connectivity index (χ3n) is 3.98. The van der Waals surface area contributed by atoms with E-state index in [4.69, 9.17) is 15.2 Å². The van der Waals surface area contributed by atoms with Crippen LogP contribution in [0.25, 0.3) is 11.3 Å². The lowest BCUT2D eigenvalue weighted by Gasteiger charge is -2.19. The maximum absolute atomic E-state index is 11.6. The van der Waals surface area contributed by atoms with Gasteiger partial charge in [0.25, 0.3) is 0 Å². The second-order valence-electron chi connectivity index (χ2n) is 7.44. The van der Waals surface area contributed by atoms with Crippen LogP contribution >= 0.6 is 0 Å². The topological polar surface area (TPSA) is 102 Å². The Hall–Kier alpha value is -2.54. The molecule has 0 radical (unpaired) electrons. The summed E-state index contributed by atoms with van der Waals surface area (Å²) in [6, 6.07) is 9.57. The highest BCUT2D eigenvalue weighted by Crippen LogP contribution is 2.29. The van der Waals surface area contributed by atoms with Gasteiger partial charge in [-0.1, -0.05) is 12.1 Å². The molecule has 1 heterocycles. The average molecular weight is 374 g/mol. The van der Waals surface area contributed by atoms with Crippen molar-refractivity contribution < 1.29 is 14.3 Å². The molecule has 0 bridgehead atoms. The number of aromatic nitrogens is 2. The predicted octanol–water partition coefficient (Wildman–Crippen LogP) is 3.78. The summed E-state index contributed by atoms with van der Waals surface area (Å²) in [5.74, 6) is 0.787. The van der Waals surface area contributed by atoms with Crippen LogP contribution in [-0.4, -0.2) is 35.5 Å². The zero-order chi connectivity index (χ0) is 19.9. The Bertz CT molecular complexity index is 737. The van der Waals surface area contributed by atoms with Gasteiger partial charge in [-0.2, -0.15) is 5.10 Å². The molecule has 0 spiro atoms. The number of methoxy groups -OCH3 is 1. The number of para-hydroxylation sites is 1. The van der Waals surface area contributed by atoms with E-state index in [1.54, 1.807) is 7.11 Å². The molecular formula is C20H30N4O3. The lowest BCUT2D eigenvalue weighted by atomic mass is 10.1. The number of hydrogen-bond acceptors (Lipinski definition) is 5. The maximum Gasteiger partial charge on any atom is 0.407 e. The Balaban J connectivity index is 1.78. The normalized spacial score (nSPS) is 12.5. The molecule has 1 atom stereocenters. The summed E-state index contributed by atoms with van der Waals surface area (Å²) in [6.45, 7) is 6.09. The van der Waals surface area contributed by atoms with E-state index < -0.39 is 5.60 Å². The second-order valence-corrected chi connectivity index (χ2v) is 7.44. The van der Waals surface area contributed by atoms with Gasteiger partial charge in [-0.15, -0.1) is 0 Å². The Morgan fingerprint density at radius 1 is 1.30 bits per heavy atom. The minimum atomic E-state index is -0.481. The van der Waals surface area contributed by atoms with Crippen LogP contribution in [0.1, 0.15) is 51.8 Å². The molecule has 0 saturated carbocycles. The minimum Gasteiger partial charge on any atom is -0.496 e. The summed E-state index contributed by atoms with van der Waals surface area (Å²) in [5, 5.41) is 10.1. The SMILES string of the molecule is COc1ccccc1-c1cc([C@H](N)CCCCNC(=O)OC(C)(C)C)n[nH]1. The fraction of sp³-hybridized carbons (Fsp3) is 0.500. The molecule has 0 fully saturated rings. The molecule has 4 N–H and O–H groups in total. The van der Waals surface area contributed by atoms with Crippen LogP contribution in [0, 0.1) is 0 Å². The smallest absolute Gasteiger partial charge is 0.407 e. The minimum absolute atomic E-state index is 0.161. The number of ether oxygens (including phenoxy) is 2. The van der Waals surface area contributed by atoms with Crippen LogP contribution in [0.2, 0.25) is 0 Å². The van der Waals surface area contributed by atoms with E-state index in [0.29, 0.717) is 6.54 Å². The molecule has 7 heteroatoms. The van der Waals surface area contributed by atoms with Gasteiger partial charge in [-0.05, 0) is 58.2 Å². The Labute approximate surface area is 160 Å². The van der Waals surface area contributed by atoms with E-state index >= 15 is 0 Å². The molecule has 0 aliphatic heterocycles. The number of carbonyl (C=O) groups is 1. The molecule has 148 valence electrons. The third kappa shape index (κ3) is 6.60. The molecule has 0 saturated heterocycles. The molecule has 0 aliphatic carbocycles. The molecule has 0 unspecified atom stereocenters. The monoisotopic (exact) mass is 374 g/mol. The molecule has 1 aromatic carbocycles. The number of hydrogen-bond donors (Lipinski definition) is 3. The van der Waals surface area contributed by atoms with Crippen molar-refractivity contribution in [1.29, 1.82) is 0 Å². The molecule has 2 aromatic rings. The van der Waals surface area contributed by atoms with Gasteiger partial charge in [0.1, 0.15) is 11.4 Å². The molecular weight excluding hydrogens is 344 g/mol. The summed E-state index contributed by atoms with van der Waals surface area (Å²) in [5.41, 5.74) is 8.42. The molecule has 7 nitrogen and oxygen atoms in total. The number of nitrogens with zero attached hydrogens (tertiary/aromatic N) is 1. The summed E-state index contributed by atoms with van der Waals surface area (Å²) in [6.07, 6.45) is 2.11. The van der Waals surface area contributed by atoms with Crippen molar-refractivity contribution in [2.24, 2.45) is 5.73 Å². The predicted molar refractivity (Wildman–Crippen MR) is 106 cm³/mol. The zero-order valence-corrected chi connectivity index (χ0v) is 16.5. The first-order chi connectivity index (χ1) is 12.8. The largest absolute Gasteiger partial charge is 0.496 e. The van der Waals surface area contributed by atoms with Crippen LogP contribution in [0.3, 0.4) is 0 Å². The van der Waals surface area contributed by atoms with Gasteiger partial charge in [-0.25, -0.2) is 4.79 Å². The van der Waals surface area contributed by atoms with Crippen molar-refractivity contribution in [3.63, 3.8) is 0 Å². The van der Waals surface area contributed by atoms with Crippen LogP contribution in [-0.2, 0) is 4.74 Å². The van der Waals surface area contributed by atoms with E-state index in [0.717, 1.165) is 42.0 Å². The van der Waals surface area contributed by atoms with Crippen molar-refractivity contribution >= 4 is 6.09 Å². The number of H-pyrrole nitrogens is 1. The first-order valence-corrected chi connectivity index (χ1v) is 9.21. The fourth-order valence-corrected chi connectivity index (χ4v) is 2.67. The van der Waals surface area contributed by atoms with Crippen molar-refractivity contribution in [3.8, 4) is 17.0 Å². The molecule has 27 heavy (non-hydrogen) atoms. The average Bonchev–Trinajstić information content (AvgIpc) is 3.09. The van der Waals surface area contributed by atoms with Crippen molar-refractivity contribution in [2.75, 3.05) is 13.7 Å². The number of amides is 1. The van der Waals surface area contributed by atoms with Gasteiger partial charge in [0.05, 0.1) is 18.5 Å². The van der Waals surface area contributed by atoms with Crippen LogP contribution in [0.5, 0.6) is 5.75 Å². The number of unbranched alkanes of at least 4 members (excludes halogenated alkanes) is 1. The standard InChI is InChI=1S/C20H30N4O3/c1-20(2,3)27-19(25)22-12-8-7-10-15(21)17-13-16(23-24-17)14-9-5-6-11-18(14)26-4/h5-6,9,11,13,15H,7-8,10,12,21H2,1-4H3,(H,22,25)(H,23,24)/t15-/m1/s1. The molecule has 1 aromatic heterocycles. The van der Waals surface area contributed by atoms with Gasteiger partial charge in [-0.3, -0.25) is 5.10 Å². The summed E-state index contributed by atoms with van der Waals surface area (Å²) in [7, 11) is 1.65. The number of benzene rings is 1. The van der Waals surface area contributed by atoms with Crippen LogP contribution in [0.15, 0.2) is 30.3 Å². The number of alkyl carbamates (subject to hydrolysis) is 1. The first-order valence-electron chi connectivity index (χ1n) is 9.21. The molecule has 2 rings (SSSR count). The number of rotatable bonds is 8. The number of aromatic amines is 1. The van der Waals surface area contributed by atoms with Gasteiger partial charge in [0.15, 0.2) is 0 Å². The van der Waals surface area contributed by atoms with Gasteiger partial charge < -0.3 is 20.5 Å². The van der Waals surface area contributed by atoms with E-state index in [1.807, 2.05) is 51.1 Å². The van der Waals surface area contributed by atoms with Crippen LogP contribution < -0.4 is 15.8 Å².